The van der Waals surface area contributed by atoms with Crippen LogP contribution in [0.15, 0.2) is 35.1 Å². The summed E-state index contributed by atoms with van der Waals surface area (Å²) in [6, 6.07) is 8.89. The van der Waals surface area contributed by atoms with Gasteiger partial charge < -0.3 is 24.3 Å². The smallest absolute Gasteiger partial charge is 0.200 e. The molecule has 136 valence electrons. The fraction of sp³-hybridized carbons (Fsp3) is 0.350. The van der Waals surface area contributed by atoms with E-state index < -0.39 is 17.8 Å². The van der Waals surface area contributed by atoms with E-state index in [4.69, 9.17) is 9.47 Å². The van der Waals surface area contributed by atoms with E-state index in [1.807, 2.05) is 29.8 Å². The summed E-state index contributed by atoms with van der Waals surface area (Å²) in [6.07, 6.45) is -2.32. The van der Waals surface area contributed by atoms with Gasteiger partial charge in [-0.3, -0.25) is 4.79 Å². The number of fused-ring (bicyclic) bond motifs is 4. The van der Waals surface area contributed by atoms with E-state index in [0.717, 1.165) is 5.52 Å². The minimum Gasteiger partial charge on any atom is -0.496 e. The van der Waals surface area contributed by atoms with Gasteiger partial charge in [0.1, 0.15) is 29.3 Å². The zero-order valence-electron chi connectivity index (χ0n) is 15.1. The van der Waals surface area contributed by atoms with Crippen LogP contribution in [0.5, 0.6) is 11.5 Å². The van der Waals surface area contributed by atoms with Crippen molar-refractivity contribution in [2.75, 3.05) is 7.11 Å². The summed E-state index contributed by atoms with van der Waals surface area (Å²) in [5.74, 6) is 0.784. The lowest BCUT2D eigenvalue weighted by Crippen LogP contribution is -2.49. The molecule has 2 aromatic carbocycles. The molecule has 1 aliphatic heterocycles. The van der Waals surface area contributed by atoms with Crippen molar-refractivity contribution in [3.8, 4) is 11.5 Å². The van der Waals surface area contributed by atoms with Crippen LogP contribution in [0.4, 0.5) is 0 Å². The van der Waals surface area contributed by atoms with Gasteiger partial charge in [0.25, 0.3) is 0 Å². The van der Waals surface area contributed by atoms with Crippen LogP contribution in [-0.2, 0) is 7.05 Å². The SMILES string of the molecule is COc1cc2c(c3c1c(=O)c1ccccc1n3C)[C@H](O)[C@@H](O)C(C)(C)O2. The van der Waals surface area contributed by atoms with Crippen LogP contribution < -0.4 is 14.9 Å². The molecule has 0 fully saturated rings. The van der Waals surface area contributed by atoms with Crippen LogP contribution in [0.1, 0.15) is 25.5 Å². The van der Waals surface area contributed by atoms with Gasteiger partial charge in [0.05, 0.1) is 29.1 Å². The molecule has 2 heterocycles. The van der Waals surface area contributed by atoms with Crippen molar-refractivity contribution in [2.24, 2.45) is 7.05 Å². The van der Waals surface area contributed by atoms with Crippen LogP contribution in [-0.4, -0.2) is 33.6 Å². The molecule has 0 unspecified atom stereocenters. The molecule has 0 aliphatic carbocycles. The first-order chi connectivity index (χ1) is 12.3. The van der Waals surface area contributed by atoms with Gasteiger partial charge in [-0.25, -0.2) is 0 Å². The highest BCUT2D eigenvalue weighted by molar-refractivity contribution is 5.99. The third-order valence-electron chi connectivity index (χ3n) is 5.24. The Balaban J connectivity index is 2.25. The zero-order valence-corrected chi connectivity index (χ0v) is 15.1. The molecule has 0 saturated heterocycles. The average Bonchev–Trinajstić information content (AvgIpc) is 2.62. The average molecular weight is 355 g/mol. The highest BCUT2D eigenvalue weighted by Gasteiger charge is 2.44. The molecule has 6 heteroatoms. The summed E-state index contributed by atoms with van der Waals surface area (Å²) in [5, 5.41) is 22.3. The van der Waals surface area contributed by atoms with Crippen LogP contribution in [0.25, 0.3) is 21.8 Å². The Morgan fingerprint density at radius 2 is 1.92 bits per heavy atom. The van der Waals surface area contributed by atoms with Gasteiger partial charge in [-0.15, -0.1) is 0 Å². The molecule has 3 aromatic rings. The minimum atomic E-state index is -1.19. The van der Waals surface area contributed by atoms with E-state index in [2.05, 4.69) is 0 Å². The lowest BCUT2D eigenvalue weighted by Gasteiger charge is -2.40. The summed E-state index contributed by atoms with van der Waals surface area (Å²) < 4.78 is 13.3. The summed E-state index contributed by atoms with van der Waals surface area (Å²) in [4.78, 5) is 13.1. The van der Waals surface area contributed by atoms with Crippen molar-refractivity contribution in [3.63, 3.8) is 0 Å². The predicted octanol–water partition coefficient (Wildman–Crippen LogP) is 2.27. The van der Waals surface area contributed by atoms with Gasteiger partial charge >= 0.3 is 0 Å². The van der Waals surface area contributed by atoms with E-state index >= 15 is 0 Å². The number of ether oxygens (including phenoxy) is 2. The molecule has 0 saturated carbocycles. The molecule has 4 rings (SSSR count). The summed E-state index contributed by atoms with van der Waals surface area (Å²) >= 11 is 0. The number of para-hydroxylation sites is 1. The topological polar surface area (TPSA) is 80.9 Å². The van der Waals surface area contributed by atoms with Crippen LogP contribution in [0, 0.1) is 0 Å². The number of aliphatic hydroxyl groups excluding tert-OH is 2. The van der Waals surface area contributed by atoms with Crippen LogP contribution in [0.3, 0.4) is 0 Å². The second-order valence-electron chi connectivity index (χ2n) is 7.21. The first-order valence-electron chi connectivity index (χ1n) is 8.45. The van der Waals surface area contributed by atoms with E-state index in [0.29, 0.717) is 33.4 Å². The van der Waals surface area contributed by atoms with Crippen LogP contribution >= 0.6 is 0 Å². The number of aryl methyl sites for hydroxylation is 1. The van der Waals surface area contributed by atoms with E-state index in [1.165, 1.54) is 7.11 Å². The molecule has 1 aromatic heterocycles. The number of rotatable bonds is 1. The molecule has 1 aliphatic rings. The maximum absolute atomic E-state index is 13.1. The van der Waals surface area contributed by atoms with Crippen molar-refractivity contribution in [2.45, 2.75) is 31.7 Å². The summed E-state index contributed by atoms with van der Waals surface area (Å²) in [5.41, 5.74) is 0.482. The molecule has 0 amide bonds. The van der Waals surface area contributed by atoms with Gasteiger partial charge in [0.15, 0.2) is 0 Å². The second-order valence-corrected chi connectivity index (χ2v) is 7.21. The highest BCUT2D eigenvalue weighted by atomic mass is 16.5. The van der Waals surface area contributed by atoms with E-state index in [1.54, 1.807) is 26.0 Å². The van der Waals surface area contributed by atoms with E-state index in [-0.39, 0.29) is 5.43 Å². The molecular formula is C20H21NO5. The molecule has 0 bridgehead atoms. The molecule has 0 radical (unpaired) electrons. The Bertz CT molecular complexity index is 1100. The first-order valence-corrected chi connectivity index (χ1v) is 8.45. The zero-order chi connectivity index (χ0) is 18.8. The first kappa shape index (κ1) is 16.9. The third kappa shape index (κ3) is 2.09. The molecular weight excluding hydrogens is 334 g/mol. The number of aliphatic hydroxyl groups is 2. The molecule has 26 heavy (non-hydrogen) atoms. The fourth-order valence-electron chi connectivity index (χ4n) is 3.83. The number of methoxy groups -OCH3 is 1. The number of hydrogen-bond donors (Lipinski definition) is 2. The van der Waals surface area contributed by atoms with Crippen molar-refractivity contribution in [1.29, 1.82) is 0 Å². The van der Waals surface area contributed by atoms with Crippen molar-refractivity contribution < 1.29 is 19.7 Å². The van der Waals surface area contributed by atoms with Crippen LogP contribution in [0.2, 0.25) is 0 Å². The Morgan fingerprint density at radius 3 is 2.62 bits per heavy atom. The largest absolute Gasteiger partial charge is 0.496 e. The normalized spacial score (nSPS) is 21.5. The lowest BCUT2D eigenvalue weighted by molar-refractivity contribution is -0.111. The Hall–Kier alpha value is -2.57. The third-order valence-corrected chi connectivity index (χ3v) is 5.24. The standard InChI is InChI=1S/C20H21NO5/c1-20(2)19(24)18(23)15-13(26-20)9-12(25-4)14-16(15)21(3)11-8-6-5-7-10(11)17(14)22/h5-9,18-19,23-24H,1-4H3/t18-,19+/m0/s1. The molecule has 2 atom stereocenters. The van der Waals surface area contributed by atoms with Gasteiger partial charge in [-0.05, 0) is 26.0 Å². The fourth-order valence-corrected chi connectivity index (χ4v) is 3.83. The number of hydrogen-bond acceptors (Lipinski definition) is 5. The van der Waals surface area contributed by atoms with E-state index in [9.17, 15) is 15.0 Å². The quantitative estimate of drug-likeness (QED) is 0.655. The monoisotopic (exact) mass is 355 g/mol. The highest BCUT2D eigenvalue weighted by Crippen LogP contribution is 2.46. The number of nitrogens with zero attached hydrogens (tertiary/aromatic N) is 1. The van der Waals surface area contributed by atoms with Crippen molar-refractivity contribution in [3.05, 3.63) is 46.1 Å². The molecule has 2 N–H and O–H groups in total. The Labute approximate surface area is 150 Å². The Kier molecular flexibility index (Phi) is 3.54. The van der Waals surface area contributed by atoms with Crippen molar-refractivity contribution in [1.82, 2.24) is 4.57 Å². The number of pyridine rings is 1. The molecule has 6 nitrogen and oxygen atoms in total. The summed E-state index contributed by atoms with van der Waals surface area (Å²) in [6.45, 7) is 3.42. The maximum Gasteiger partial charge on any atom is 0.200 e. The minimum absolute atomic E-state index is 0.181. The second kappa shape index (κ2) is 5.46. The van der Waals surface area contributed by atoms with Gasteiger partial charge in [0.2, 0.25) is 5.43 Å². The maximum atomic E-state index is 13.1. The number of aromatic nitrogens is 1. The van der Waals surface area contributed by atoms with Gasteiger partial charge in [-0.1, -0.05) is 12.1 Å². The molecule has 0 spiro atoms. The van der Waals surface area contributed by atoms with Gasteiger partial charge in [0, 0.05) is 18.5 Å². The lowest BCUT2D eigenvalue weighted by atomic mass is 9.87. The number of benzene rings is 2. The summed E-state index contributed by atoms with van der Waals surface area (Å²) in [7, 11) is 3.32. The Morgan fingerprint density at radius 1 is 1.23 bits per heavy atom. The van der Waals surface area contributed by atoms with Gasteiger partial charge in [-0.2, -0.15) is 0 Å². The van der Waals surface area contributed by atoms with Crippen molar-refractivity contribution >= 4 is 21.8 Å². The predicted molar refractivity (Wildman–Crippen MR) is 98.9 cm³/mol.